The summed E-state index contributed by atoms with van der Waals surface area (Å²) in [6.07, 6.45) is 0. The molecule has 0 saturated heterocycles. The number of carbonyl (C=O) groups is 1. The van der Waals surface area contributed by atoms with Gasteiger partial charge in [0.1, 0.15) is 21.3 Å². The van der Waals surface area contributed by atoms with Crippen LogP contribution in [-0.2, 0) is 11.3 Å². The minimum atomic E-state index is -0.306. The van der Waals surface area contributed by atoms with E-state index >= 15 is 0 Å². The molecule has 6 nitrogen and oxygen atoms in total. The number of thiophene rings is 1. The molecule has 0 saturated carbocycles. The standard InChI is InChI=1S/C16H18N4O2S2/c1-5-22-16(21)13-8(2)12-14(19-10(4)20-15(12)24-13)17-6-11-9(3)18-7-23-11/h7H,5-6H2,1-4H3,(H,17,19,20). The van der Waals surface area contributed by atoms with Crippen molar-refractivity contribution in [3.8, 4) is 0 Å². The number of anilines is 1. The van der Waals surface area contributed by atoms with Gasteiger partial charge < -0.3 is 10.1 Å². The van der Waals surface area contributed by atoms with Gasteiger partial charge in [-0.1, -0.05) is 0 Å². The number of hydrogen-bond donors (Lipinski definition) is 1. The lowest BCUT2D eigenvalue weighted by molar-refractivity contribution is 0.0531. The zero-order valence-corrected chi connectivity index (χ0v) is 15.6. The second-order valence-corrected chi connectivity index (χ2v) is 7.23. The molecule has 0 spiro atoms. The first-order chi connectivity index (χ1) is 11.5. The third-order valence-corrected chi connectivity index (χ3v) is 5.72. The molecule has 3 heterocycles. The number of aromatic nitrogens is 3. The van der Waals surface area contributed by atoms with Crippen LogP contribution in [0.2, 0.25) is 0 Å². The molecule has 3 aromatic heterocycles. The van der Waals surface area contributed by atoms with Gasteiger partial charge in [-0.3, -0.25) is 0 Å². The van der Waals surface area contributed by atoms with Crippen LogP contribution in [0, 0.1) is 20.8 Å². The van der Waals surface area contributed by atoms with Gasteiger partial charge in [-0.05, 0) is 33.3 Å². The summed E-state index contributed by atoms with van der Waals surface area (Å²) < 4.78 is 5.14. The van der Waals surface area contributed by atoms with Crippen LogP contribution < -0.4 is 5.32 Å². The Kier molecular flexibility index (Phi) is 4.77. The highest BCUT2D eigenvalue weighted by Crippen LogP contribution is 2.34. The van der Waals surface area contributed by atoms with Gasteiger partial charge in [0.15, 0.2) is 0 Å². The smallest absolute Gasteiger partial charge is 0.348 e. The highest BCUT2D eigenvalue weighted by atomic mass is 32.1. The van der Waals surface area contributed by atoms with Gasteiger partial charge in [0.05, 0.1) is 29.7 Å². The Balaban J connectivity index is 2.00. The Labute approximate surface area is 147 Å². The number of nitrogens with zero attached hydrogens (tertiary/aromatic N) is 3. The van der Waals surface area contributed by atoms with Crippen molar-refractivity contribution in [2.24, 2.45) is 0 Å². The summed E-state index contributed by atoms with van der Waals surface area (Å²) in [6.45, 7) is 8.55. The maximum absolute atomic E-state index is 12.1. The molecule has 24 heavy (non-hydrogen) atoms. The van der Waals surface area contributed by atoms with E-state index < -0.39 is 0 Å². The molecule has 0 atom stereocenters. The monoisotopic (exact) mass is 362 g/mol. The summed E-state index contributed by atoms with van der Waals surface area (Å²) in [5.74, 6) is 1.11. The lowest BCUT2D eigenvalue weighted by atomic mass is 10.2. The average molecular weight is 362 g/mol. The van der Waals surface area contributed by atoms with Crippen LogP contribution in [0.25, 0.3) is 10.2 Å². The van der Waals surface area contributed by atoms with Gasteiger partial charge in [-0.2, -0.15) is 0 Å². The summed E-state index contributed by atoms with van der Waals surface area (Å²) in [7, 11) is 0. The van der Waals surface area contributed by atoms with E-state index in [2.05, 4.69) is 20.3 Å². The molecule has 0 amide bonds. The van der Waals surface area contributed by atoms with Crippen molar-refractivity contribution in [1.29, 1.82) is 0 Å². The van der Waals surface area contributed by atoms with Crippen molar-refractivity contribution in [3.05, 3.63) is 32.3 Å². The van der Waals surface area contributed by atoms with Crippen LogP contribution in [0.1, 0.15) is 38.6 Å². The maximum Gasteiger partial charge on any atom is 0.348 e. The Morgan fingerprint density at radius 2 is 2.08 bits per heavy atom. The van der Waals surface area contributed by atoms with E-state index in [9.17, 15) is 4.79 Å². The van der Waals surface area contributed by atoms with E-state index in [-0.39, 0.29) is 5.97 Å². The van der Waals surface area contributed by atoms with Crippen LogP contribution >= 0.6 is 22.7 Å². The van der Waals surface area contributed by atoms with Gasteiger partial charge in [-0.25, -0.2) is 19.7 Å². The largest absolute Gasteiger partial charge is 0.462 e. The van der Waals surface area contributed by atoms with Crippen molar-refractivity contribution >= 4 is 44.7 Å². The third-order valence-electron chi connectivity index (χ3n) is 3.62. The number of nitrogens with one attached hydrogen (secondary N) is 1. The van der Waals surface area contributed by atoms with Crippen LogP contribution in [0.15, 0.2) is 5.51 Å². The van der Waals surface area contributed by atoms with E-state index in [0.29, 0.717) is 23.9 Å². The summed E-state index contributed by atoms with van der Waals surface area (Å²) in [6, 6.07) is 0. The van der Waals surface area contributed by atoms with Crippen LogP contribution in [0.4, 0.5) is 5.82 Å². The summed E-state index contributed by atoms with van der Waals surface area (Å²) in [5, 5.41) is 4.26. The second-order valence-electron chi connectivity index (χ2n) is 5.29. The topological polar surface area (TPSA) is 77.0 Å². The fourth-order valence-corrected chi connectivity index (χ4v) is 4.26. The molecule has 0 aliphatic rings. The quantitative estimate of drug-likeness (QED) is 0.695. The fourth-order valence-electron chi connectivity index (χ4n) is 2.42. The number of esters is 1. The molecule has 0 unspecified atom stereocenters. The van der Waals surface area contributed by atoms with Crippen LogP contribution in [0.5, 0.6) is 0 Å². The predicted octanol–water partition coefficient (Wildman–Crippen LogP) is 3.86. The van der Waals surface area contributed by atoms with E-state index in [0.717, 1.165) is 32.2 Å². The Hall–Kier alpha value is -2.06. The normalized spacial score (nSPS) is 11.0. The van der Waals surface area contributed by atoms with E-state index in [1.54, 1.807) is 18.3 Å². The highest BCUT2D eigenvalue weighted by Gasteiger charge is 2.21. The molecule has 0 aliphatic carbocycles. The molecule has 1 N–H and O–H groups in total. The highest BCUT2D eigenvalue weighted by molar-refractivity contribution is 7.20. The number of aryl methyl sites for hydroxylation is 3. The first-order valence-corrected chi connectivity index (χ1v) is 9.28. The zero-order chi connectivity index (χ0) is 17.3. The van der Waals surface area contributed by atoms with Crippen molar-refractivity contribution in [2.45, 2.75) is 34.2 Å². The van der Waals surface area contributed by atoms with E-state index in [4.69, 9.17) is 4.74 Å². The molecule has 0 bridgehead atoms. The molecule has 0 radical (unpaired) electrons. The minimum Gasteiger partial charge on any atom is -0.462 e. The van der Waals surface area contributed by atoms with Gasteiger partial charge in [0.25, 0.3) is 0 Å². The molecule has 0 aromatic carbocycles. The molecule has 3 aromatic rings. The number of ether oxygens (including phenoxy) is 1. The molecular weight excluding hydrogens is 344 g/mol. The Bertz CT molecular complexity index is 901. The summed E-state index contributed by atoms with van der Waals surface area (Å²) in [5.41, 5.74) is 3.71. The summed E-state index contributed by atoms with van der Waals surface area (Å²) in [4.78, 5) is 27.9. The molecule has 3 rings (SSSR count). The third kappa shape index (κ3) is 3.11. The van der Waals surface area contributed by atoms with Crippen molar-refractivity contribution in [1.82, 2.24) is 15.0 Å². The van der Waals surface area contributed by atoms with Gasteiger partial charge in [-0.15, -0.1) is 22.7 Å². The van der Waals surface area contributed by atoms with Crippen molar-refractivity contribution in [3.63, 3.8) is 0 Å². The molecule has 8 heteroatoms. The van der Waals surface area contributed by atoms with Gasteiger partial charge >= 0.3 is 5.97 Å². The van der Waals surface area contributed by atoms with Crippen molar-refractivity contribution in [2.75, 3.05) is 11.9 Å². The Morgan fingerprint density at radius 3 is 2.75 bits per heavy atom. The second kappa shape index (κ2) is 6.82. The van der Waals surface area contributed by atoms with E-state index in [1.165, 1.54) is 11.3 Å². The fraction of sp³-hybridized carbons (Fsp3) is 0.375. The average Bonchev–Trinajstić information content (AvgIpc) is 3.09. The minimum absolute atomic E-state index is 0.306. The molecular formula is C16H18N4O2S2. The number of rotatable bonds is 5. The Morgan fingerprint density at radius 1 is 1.29 bits per heavy atom. The summed E-state index contributed by atoms with van der Waals surface area (Å²) >= 11 is 2.96. The van der Waals surface area contributed by atoms with Gasteiger partial charge in [0.2, 0.25) is 0 Å². The van der Waals surface area contributed by atoms with Gasteiger partial charge in [0, 0.05) is 4.88 Å². The number of fused-ring (bicyclic) bond motifs is 1. The zero-order valence-electron chi connectivity index (χ0n) is 14.0. The first kappa shape index (κ1) is 16.8. The lowest BCUT2D eigenvalue weighted by Crippen LogP contribution is -2.05. The lowest BCUT2D eigenvalue weighted by Gasteiger charge is -2.08. The van der Waals surface area contributed by atoms with Crippen LogP contribution in [0.3, 0.4) is 0 Å². The SMILES string of the molecule is CCOC(=O)c1sc2nc(C)nc(NCc3scnc3C)c2c1C. The number of carbonyl (C=O) groups excluding carboxylic acids is 1. The first-order valence-electron chi connectivity index (χ1n) is 7.59. The van der Waals surface area contributed by atoms with Crippen molar-refractivity contribution < 1.29 is 9.53 Å². The molecule has 0 fully saturated rings. The predicted molar refractivity (Wildman–Crippen MR) is 97.0 cm³/mol. The van der Waals surface area contributed by atoms with Crippen LogP contribution in [-0.4, -0.2) is 27.5 Å². The van der Waals surface area contributed by atoms with E-state index in [1.807, 2.05) is 26.3 Å². The molecule has 0 aliphatic heterocycles. The molecule has 126 valence electrons. The number of hydrogen-bond acceptors (Lipinski definition) is 8. The number of thiazole rings is 1. The maximum atomic E-state index is 12.1.